The lowest BCUT2D eigenvalue weighted by Gasteiger charge is -2.29. The molecule has 1 heterocycles. The van der Waals surface area contributed by atoms with Crippen LogP contribution in [0.3, 0.4) is 0 Å². The van der Waals surface area contributed by atoms with E-state index in [4.69, 9.17) is 5.26 Å². The van der Waals surface area contributed by atoms with Gasteiger partial charge in [0.15, 0.2) is 0 Å². The molecule has 1 unspecified atom stereocenters. The van der Waals surface area contributed by atoms with Crippen molar-refractivity contribution in [2.24, 2.45) is 5.92 Å². The number of nitrogens with one attached hydrogen (secondary N) is 1. The van der Waals surface area contributed by atoms with Gasteiger partial charge < -0.3 is 10.2 Å². The third-order valence-electron chi connectivity index (χ3n) is 2.85. The number of hydrogen-bond donors (Lipinski definition) is 1. The normalized spacial score (nSPS) is 22.0. The van der Waals surface area contributed by atoms with E-state index in [1.165, 1.54) is 0 Å². The summed E-state index contributed by atoms with van der Waals surface area (Å²) in [6, 6.07) is 2.32. The fraction of sp³-hybridized carbons (Fsp3) is 0.818. The highest BCUT2D eigenvalue weighted by atomic mass is 16.1. The van der Waals surface area contributed by atoms with Crippen molar-refractivity contribution in [3.8, 4) is 6.07 Å². The monoisotopic (exact) mass is 209 g/mol. The van der Waals surface area contributed by atoms with Gasteiger partial charge in [0, 0.05) is 20.0 Å². The minimum Gasteiger partial charge on any atom is -0.359 e. The molecule has 0 radical (unpaired) electrons. The fourth-order valence-electron chi connectivity index (χ4n) is 1.95. The molecule has 1 saturated heterocycles. The van der Waals surface area contributed by atoms with Gasteiger partial charge >= 0.3 is 0 Å². The van der Waals surface area contributed by atoms with Crippen molar-refractivity contribution >= 4 is 5.91 Å². The van der Waals surface area contributed by atoms with E-state index in [2.05, 4.69) is 16.3 Å². The van der Waals surface area contributed by atoms with E-state index in [-0.39, 0.29) is 11.8 Å². The second-order valence-corrected chi connectivity index (χ2v) is 4.05. The van der Waals surface area contributed by atoms with Crippen molar-refractivity contribution < 1.29 is 4.79 Å². The highest BCUT2D eigenvalue weighted by Gasteiger charge is 2.18. The lowest BCUT2D eigenvalue weighted by molar-refractivity contribution is -0.120. The van der Waals surface area contributed by atoms with Crippen LogP contribution < -0.4 is 5.32 Å². The van der Waals surface area contributed by atoms with Crippen LogP contribution in [0.2, 0.25) is 0 Å². The van der Waals surface area contributed by atoms with Crippen molar-refractivity contribution in [3.05, 3.63) is 0 Å². The Morgan fingerprint density at radius 3 is 3.13 bits per heavy atom. The smallest absolute Gasteiger partial charge is 0.219 e. The van der Waals surface area contributed by atoms with Gasteiger partial charge in [-0.25, -0.2) is 0 Å². The zero-order valence-corrected chi connectivity index (χ0v) is 9.33. The van der Waals surface area contributed by atoms with Crippen LogP contribution in [-0.2, 0) is 4.79 Å². The maximum atomic E-state index is 11.0. The molecule has 1 amide bonds. The van der Waals surface area contributed by atoms with Gasteiger partial charge in [-0.2, -0.15) is 5.26 Å². The molecular formula is C11H19N3O. The SMILES string of the molecule is CNC(=O)CCCN1CCCC(C#N)C1. The Balaban J connectivity index is 2.16. The van der Waals surface area contributed by atoms with Gasteiger partial charge in [-0.05, 0) is 32.4 Å². The Bertz CT molecular complexity index is 247. The number of piperidine rings is 1. The van der Waals surface area contributed by atoms with Crippen LogP contribution in [0.15, 0.2) is 0 Å². The first-order valence-electron chi connectivity index (χ1n) is 5.59. The maximum Gasteiger partial charge on any atom is 0.219 e. The molecule has 84 valence electrons. The molecule has 0 spiro atoms. The molecular weight excluding hydrogens is 190 g/mol. The van der Waals surface area contributed by atoms with Crippen LogP contribution in [0.1, 0.15) is 25.7 Å². The molecule has 0 aromatic rings. The van der Waals surface area contributed by atoms with Crippen LogP contribution in [0.5, 0.6) is 0 Å². The van der Waals surface area contributed by atoms with Crippen LogP contribution in [-0.4, -0.2) is 37.5 Å². The number of nitrogens with zero attached hydrogens (tertiary/aromatic N) is 2. The number of amides is 1. The molecule has 15 heavy (non-hydrogen) atoms. The van der Waals surface area contributed by atoms with E-state index in [1.54, 1.807) is 7.05 Å². The third-order valence-corrected chi connectivity index (χ3v) is 2.85. The number of rotatable bonds is 4. The molecule has 4 heteroatoms. The minimum atomic E-state index is 0.101. The van der Waals surface area contributed by atoms with E-state index in [1.807, 2.05) is 0 Å². The Kier molecular flexibility index (Phi) is 5.13. The number of hydrogen-bond acceptors (Lipinski definition) is 3. The van der Waals surface area contributed by atoms with Gasteiger partial charge in [-0.15, -0.1) is 0 Å². The van der Waals surface area contributed by atoms with Crippen molar-refractivity contribution in [1.82, 2.24) is 10.2 Å². The summed E-state index contributed by atoms with van der Waals surface area (Å²) in [5.41, 5.74) is 0. The Hall–Kier alpha value is -1.08. The summed E-state index contributed by atoms with van der Waals surface area (Å²) >= 11 is 0. The van der Waals surface area contributed by atoms with Gasteiger partial charge in [0.25, 0.3) is 0 Å². The van der Waals surface area contributed by atoms with Gasteiger partial charge in [0.1, 0.15) is 0 Å². The first-order chi connectivity index (χ1) is 7.26. The largest absolute Gasteiger partial charge is 0.359 e. The molecule has 1 N–H and O–H groups in total. The van der Waals surface area contributed by atoms with E-state index < -0.39 is 0 Å². The first kappa shape index (κ1) is 12.0. The van der Waals surface area contributed by atoms with Gasteiger partial charge in [-0.3, -0.25) is 4.79 Å². The minimum absolute atomic E-state index is 0.101. The first-order valence-corrected chi connectivity index (χ1v) is 5.59. The lowest BCUT2D eigenvalue weighted by Crippen LogP contribution is -2.35. The molecule has 1 rings (SSSR count). The lowest BCUT2D eigenvalue weighted by atomic mass is 9.99. The van der Waals surface area contributed by atoms with Gasteiger partial charge in [-0.1, -0.05) is 0 Å². The Morgan fingerprint density at radius 1 is 1.67 bits per heavy atom. The average molecular weight is 209 g/mol. The summed E-state index contributed by atoms with van der Waals surface area (Å²) in [6.07, 6.45) is 3.61. The van der Waals surface area contributed by atoms with Crippen LogP contribution in [0.4, 0.5) is 0 Å². The van der Waals surface area contributed by atoms with Crippen LogP contribution >= 0.6 is 0 Å². The highest BCUT2D eigenvalue weighted by molar-refractivity contribution is 5.75. The molecule has 0 aromatic heterocycles. The molecule has 0 saturated carbocycles. The number of likely N-dealkylation sites (tertiary alicyclic amines) is 1. The predicted molar refractivity (Wildman–Crippen MR) is 58.1 cm³/mol. The Labute approximate surface area is 91.2 Å². The summed E-state index contributed by atoms with van der Waals surface area (Å²) in [6.45, 7) is 2.89. The summed E-state index contributed by atoms with van der Waals surface area (Å²) in [7, 11) is 1.66. The zero-order chi connectivity index (χ0) is 11.1. The van der Waals surface area contributed by atoms with Crippen LogP contribution in [0, 0.1) is 17.2 Å². The standard InChI is InChI=1S/C11H19N3O/c1-13-11(15)5-3-7-14-6-2-4-10(8-12)9-14/h10H,2-7,9H2,1H3,(H,13,15). The summed E-state index contributed by atoms with van der Waals surface area (Å²) in [4.78, 5) is 13.3. The number of carbonyl (C=O) groups excluding carboxylic acids is 1. The van der Waals surface area contributed by atoms with Gasteiger partial charge in [0.2, 0.25) is 5.91 Å². The average Bonchev–Trinajstić information content (AvgIpc) is 2.29. The van der Waals surface area contributed by atoms with Crippen LogP contribution in [0.25, 0.3) is 0 Å². The van der Waals surface area contributed by atoms with Crippen molar-refractivity contribution in [2.75, 3.05) is 26.7 Å². The molecule has 1 aliphatic heterocycles. The van der Waals surface area contributed by atoms with E-state index >= 15 is 0 Å². The van der Waals surface area contributed by atoms with Gasteiger partial charge in [0.05, 0.1) is 12.0 Å². The zero-order valence-electron chi connectivity index (χ0n) is 9.33. The molecule has 4 nitrogen and oxygen atoms in total. The van der Waals surface area contributed by atoms with Crippen molar-refractivity contribution in [1.29, 1.82) is 5.26 Å². The topological polar surface area (TPSA) is 56.1 Å². The molecule has 1 fully saturated rings. The molecule has 1 atom stereocenters. The molecule has 1 aliphatic rings. The van der Waals surface area contributed by atoms with E-state index in [0.29, 0.717) is 6.42 Å². The second kappa shape index (κ2) is 6.41. The number of carbonyl (C=O) groups is 1. The predicted octanol–water partition coefficient (Wildman–Crippen LogP) is 0.748. The summed E-state index contributed by atoms with van der Waals surface area (Å²) in [5, 5.41) is 11.4. The molecule has 0 bridgehead atoms. The maximum absolute atomic E-state index is 11.0. The quantitative estimate of drug-likeness (QED) is 0.743. The highest BCUT2D eigenvalue weighted by Crippen LogP contribution is 2.15. The molecule has 0 aliphatic carbocycles. The van der Waals surface area contributed by atoms with Crippen molar-refractivity contribution in [3.63, 3.8) is 0 Å². The van der Waals surface area contributed by atoms with Crippen molar-refractivity contribution in [2.45, 2.75) is 25.7 Å². The fourth-order valence-corrected chi connectivity index (χ4v) is 1.95. The third kappa shape index (κ3) is 4.30. The van der Waals surface area contributed by atoms with E-state index in [0.717, 1.165) is 38.9 Å². The summed E-state index contributed by atoms with van der Waals surface area (Å²) in [5.74, 6) is 0.294. The molecule has 0 aromatic carbocycles. The van der Waals surface area contributed by atoms with E-state index in [9.17, 15) is 4.79 Å². The number of nitriles is 1. The Morgan fingerprint density at radius 2 is 2.47 bits per heavy atom. The second-order valence-electron chi connectivity index (χ2n) is 4.05. The summed E-state index contributed by atoms with van der Waals surface area (Å²) < 4.78 is 0.